The minimum absolute atomic E-state index is 0.0899. The molecule has 0 aromatic rings. The van der Waals surface area contributed by atoms with Crippen molar-refractivity contribution >= 4 is 27.5 Å². The summed E-state index contributed by atoms with van der Waals surface area (Å²) in [6.07, 6.45) is 0.981. The fraction of sp³-hybridized carbons (Fsp3) is 0.812. The monoisotopic (exact) mass is 388 g/mol. The van der Waals surface area contributed by atoms with Gasteiger partial charge in [-0.3, -0.25) is 9.59 Å². The maximum Gasteiger partial charge on any atom is 0.266 e. The molecule has 2 aliphatic heterocycles. The summed E-state index contributed by atoms with van der Waals surface area (Å²) in [4.78, 5) is 33.6. The van der Waals surface area contributed by atoms with E-state index in [0.717, 1.165) is 5.71 Å². The van der Waals surface area contributed by atoms with Gasteiger partial charge >= 0.3 is 0 Å². The van der Waals surface area contributed by atoms with Gasteiger partial charge in [0.25, 0.3) is 5.91 Å². The van der Waals surface area contributed by atoms with E-state index in [2.05, 4.69) is 5.16 Å². The molecule has 1 atom stereocenters. The molecule has 2 heterocycles. The van der Waals surface area contributed by atoms with Crippen LogP contribution in [0.5, 0.6) is 0 Å². The highest BCUT2D eigenvalue weighted by Gasteiger charge is 2.33. The Hall–Kier alpha value is -1.68. The Bertz CT molecular complexity index is 662. The normalized spacial score (nSPS) is 21.4. The van der Waals surface area contributed by atoms with Gasteiger partial charge in [0.05, 0.1) is 11.5 Å². The molecule has 2 rings (SSSR count). The molecule has 2 N–H and O–H groups in total. The van der Waals surface area contributed by atoms with Crippen LogP contribution in [0, 0.1) is 5.92 Å². The van der Waals surface area contributed by atoms with Gasteiger partial charge in [-0.2, -0.15) is 0 Å². The minimum Gasteiger partial charge on any atom is -0.382 e. The van der Waals surface area contributed by atoms with Gasteiger partial charge in [-0.05, 0) is 18.8 Å². The average Bonchev–Trinajstić information content (AvgIpc) is 2.91. The second-order valence-electron chi connectivity index (χ2n) is 7.07. The van der Waals surface area contributed by atoms with Crippen LogP contribution in [0.25, 0.3) is 0 Å². The van der Waals surface area contributed by atoms with Gasteiger partial charge in [0.15, 0.2) is 0 Å². The number of nitrogens with two attached hydrogens (primary N) is 1. The fourth-order valence-corrected chi connectivity index (χ4v) is 3.59. The molecule has 1 saturated heterocycles. The first-order valence-corrected chi connectivity index (χ1v) is 10.7. The van der Waals surface area contributed by atoms with Crippen LogP contribution in [0.2, 0.25) is 0 Å². The van der Waals surface area contributed by atoms with E-state index in [1.54, 1.807) is 9.80 Å². The van der Waals surface area contributed by atoms with E-state index >= 15 is 0 Å². The number of primary sulfonamides is 1. The minimum atomic E-state index is -3.55. The highest BCUT2D eigenvalue weighted by Crippen LogP contribution is 2.19. The van der Waals surface area contributed by atoms with Crippen molar-refractivity contribution in [2.75, 3.05) is 31.9 Å². The second-order valence-corrected chi connectivity index (χ2v) is 8.80. The number of nitrogens with zero attached hydrogens (tertiary/aromatic N) is 3. The molecule has 0 radical (unpaired) electrons. The maximum atomic E-state index is 12.6. The van der Waals surface area contributed by atoms with Crippen molar-refractivity contribution < 1.29 is 22.8 Å². The third-order valence-corrected chi connectivity index (χ3v) is 5.47. The lowest BCUT2D eigenvalue weighted by Gasteiger charge is -2.23. The molecular weight excluding hydrogens is 360 g/mol. The zero-order chi connectivity index (χ0) is 19.3. The van der Waals surface area contributed by atoms with Gasteiger partial charge in [0.1, 0.15) is 0 Å². The summed E-state index contributed by atoms with van der Waals surface area (Å²) in [7, 11) is -3.55. The topological polar surface area (TPSA) is 122 Å². The SMILES string of the molecule is CC(C)C1=NOC(C(=O)N2CCCN(C(=O)CCCS(N)(=O)=O)CC2)C1. The van der Waals surface area contributed by atoms with Gasteiger partial charge in [-0.25, -0.2) is 13.6 Å². The second kappa shape index (κ2) is 8.81. The van der Waals surface area contributed by atoms with Gasteiger partial charge < -0.3 is 14.6 Å². The van der Waals surface area contributed by atoms with Crippen molar-refractivity contribution in [3.05, 3.63) is 0 Å². The quantitative estimate of drug-likeness (QED) is 0.682. The Kier molecular flexibility index (Phi) is 6.99. The van der Waals surface area contributed by atoms with Gasteiger partial charge in [-0.15, -0.1) is 0 Å². The summed E-state index contributed by atoms with van der Waals surface area (Å²) in [5.74, 6) is -0.144. The maximum absolute atomic E-state index is 12.6. The van der Waals surface area contributed by atoms with Crippen LogP contribution in [-0.2, 0) is 24.4 Å². The molecule has 0 saturated carbocycles. The number of carbonyl (C=O) groups excluding carboxylic acids is 2. The Morgan fingerprint density at radius 3 is 2.50 bits per heavy atom. The Morgan fingerprint density at radius 2 is 1.88 bits per heavy atom. The molecular formula is C16H28N4O5S. The van der Waals surface area contributed by atoms with E-state index in [9.17, 15) is 18.0 Å². The fourth-order valence-electron chi connectivity index (χ4n) is 3.04. The number of amides is 2. The van der Waals surface area contributed by atoms with Crippen LogP contribution in [0.3, 0.4) is 0 Å². The average molecular weight is 388 g/mol. The van der Waals surface area contributed by atoms with Crippen LogP contribution in [0.1, 0.15) is 39.5 Å². The first kappa shape index (κ1) is 20.6. The highest BCUT2D eigenvalue weighted by atomic mass is 32.2. The molecule has 1 fully saturated rings. The van der Waals surface area contributed by atoms with Crippen LogP contribution in [-0.4, -0.2) is 73.8 Å². The molecule has 0 aromatic carbocycles. The van der Waals surface area contributed by atoms with Crippen LogP contribution in [0.15, 0.2) is 5.16 Å². The summed E-state index contributed by atoms with van der Waals surface area (Å²) in [6, 6.07) is 0. The van der Waals surface area contributed by atoms with Crippen molar-refractivity contribution in [2.24, 2.45) is 16.2 Å². The lowest BCUT2D eigenvalue weighted by molar-refractivity contribution is -0.142. The van der Waals surface area contributed by atoms with Gasteiger partial charge in [0, 0.05) is 39.0 Å². The van der Waals surface area contributed by atoms with E-state index < -0.39 is 16.1 Å². The summed E-state index contributed by atoms with van der Waals surface area (Å²) in [5, 5.41) is 8.94. The van der Waals surface area contributed by atoms with E-state index in [0.29, 0.717) is 39.0 Å². The molecule has 9 nitrogen and oxygen atoms in total. The predicted molar refractivity (Wildman–Crippen MR) is 96.7 cm³/mol. The smallest absolute Gasteiger partial charge is 0.266 e. The van der Waals surface area contributed by atoms with Crippen molar-refractivity contribution in [3.8, 4) is 0 Å². The number of oxime groups is 1. The molecule has 10 heteroatoms. The molecule has 2 aliphatic rings. The third kappa shape index (κ3) is 5.94. The molecule has 1 unspecified atom stereocenters. The summed E-state index contributed by atoms with van der Waals surface area (Å²) >= 11 is 0. The zero-order valence-electron chi connectivity index (χ0n) is 15.4. The van der Waals surface area contributed by atoms with E-state index in [-0.39, 0.29) is 36.3 Å². The van der Waals surface area contributed by atoms with Crippen molar-refractivity contribution in [3.63, 3.8) is 0 Å². The highest BCUT2D eigenvalue weighted by molar-refractivity contribution is 7.89. The third-order valence-electron chi connectivity index (χ3n) is 4.61. The lowest BCUT2D eigenvalue weighted by Crippen LogP contribution is -2.42. The van der Waals surface area contributed by atoms with Crippen LogP contribution >= 0.6 is 0 Å². The van der Waals surface area contributed by atoms with Crippen LogP contribution in [0.4, 0.5) is 0 Å². The van der Waals surface area contributed by atoms with Crippen LogP contribution < -0.4 is 5.14 Å². The largest absolute Gasteiger partial charge is 0.382 e. The molecule has 0 bridgehead atoms. The molecule has 0 aromatic heterocycles. The number of rotatable bonds is 6. The Labute approximate surface area is 154 Å². The molecule has 2 amide bonds. The Morgan fingerprint density at radius 1 is 1.23 bits per heavy atom. The molecule has 26 heavy (non-hydrogen) atoms. The number of hydrogen-bond donors (Lipinski definition) is 1. The van der Waals surface area contributed by atoms with E-state index in [1.807, 2.05) is 13.8 Å². The van der Waals surface area contributed by atoms with Gasteiger partial charge in [-0.1, -0.05) is 19.0 Å². The Balaban J connectivity index is 1.80. The standard InChI is InChI=1S/C16H28N4O5S/c1-12(2)13-11-14(25-18-13)16(22)20-7-4-6-19(8-9-20)15(21)5-3-10-26(17,23)24/h12,14H,3-11H2,1-2H3,(H2,17,23,24). The number of carbonyl (C=O) groups is 2. The number of sulfonamides is 1. The zero-order valence-corrected chi connectivity index (χ0v) is 16.2. The lowest BCUT2D eigenvalue weighted by atomic mass is 10.0. The van der Waals surface area contributed by atoms with Gasteiger partial charge in [0.2, 0.25) is 22.0 Å². The van der Waals surface area contributed by atoms with Crippen molar-refractivity contribution in [2.45, 2.75) is 45.6 Å². The molecule has 148 valence electrons. The van der Waals surface area contributed by atoms with E-state index in [1.165, 1.54) is 0 Å². The molecule has 0 aliphatic carbocycles. The summed E-state index contributed by atoms with van der Waals surface area (Å²) in [5.41, 5.74) is 0.893. The first-order valence-electron chi connectivity index (χ1n) is 8.97. The predicted octanol–water partition coefficient (Wildman–Crippen LogP) is -0.0831. The van der Waals surface area contributed by atoms with Crippen molar-refractivity contribution in [1.82, 2.24) is 9.80 Å². The van der Waals surface area contributed by atoms with Crippen molar-refractivity contribution in [1.29, 1.82) is 0 Å². The molecule has 0 spiro atoms. The summed E-state index contributed by atoms with van der Waals surface area (Å²) in [6.45, 7) is 6.02. The number of hydrogen-bond acceptors (Lipinski definition) is 6. The van der Waals surface area contributed by atoms with E-state index in [4.69, 9.17) is 9.98 Å². The summed E-state index contributed by atoms with van der Waals surface area (Å²) < 4.78 is 21.9. The first-order chi connectivity index (χ1) is 12.2.